The summed E-state index contributed by atoms with van der Waals surface area (Å²) < 4.78 is 16.8. The van der Waals surface area contributed by atoms with Gasteiger partial charge in [-0.15, -0.1) is 0 Å². The molecule has 0 radical (unpaired) electrons. The normalized spacial score (nSPS) is 7.65. The van der Waals surface area contributed by atoms with Gasteiger partial charge in [0.1, 0.15) is 11.6 Å². The summed E-state index contributed by atoms with van der Waals surface area (Å²) in [6, 6.07) is 16.6. The number of carboxylic acids is 2. The number of hydrogen-bond donors (Lipinski definition) is 2. The Morgan fingerprint density at radius 2 is 0.870 bits per heavy atom. The highest BCUT2D eigenvalue weighted by molar-refractivity contribution is 7.51. The molecule has 2 aromatic carbocycles. The van der Waals surface area contributed by atoms with Crippen molar-refractivity contribution in [2.75, 3.05) is 0 Å². The number of carbonyl (C=O) groups is 2. The molecule has 0 bridgehead atoms. The van der Waals surface area contributed by atoms with Gasteiger partial charge in [0.05, 0.1) is 11.1 Å². The van der Waals surface area contributed by atoms with Crippen LogP contribution in [-0.2, 0) is 11.6 Å². The SMILES string of the molecule is C.C.O=C(O)c1ccccc1.O=C(O)c1ccccc1.O=[SH2]=O. The van der Waals surface area contributed by atoms with Crippen LogP contribution in [0.25, 0.3) is 0 Å². The van der Waals surface area contributed by atoms with Crippen molar-refractivity contribution < 1.29 is 28.2 Å². The largest absolute Gasteiger partial charge is 0.478 e. The Morgan fingerprint density at radius 1 is 0.652 bits per heavy atom. The summed E-state index contributed by atoms with van der Waals surface area (Å²) in [5.41, 5.74) is 0.662. The van der Waals surface area contributed by atoms with Crippen LogP contribution in [0.1, 0.15) is 35.6 Å². The summed E-state index contributed by atoms with van der Waals surface area (Å²) in [4.78, 5) is 20.4. The molecule has 0 atom stereocenters. The van der Waals surface area contributed by atoms with Gasteiger partial charge in [0.15, 0.2) is 0 Å². The second-order valence-corrected chi connectivity index (χ2v) is 3.59. The minimum atomic E-state index is -1.42. The first kappa shape index (κ1) is 25.3. The van der Waals surface area contributed by atoms with Crippen LogP contribution in [0.2, 0.25) is 0 Å². The zero-order valence-corrected chi connectivity index (χ0v) is 11.8. The topological polar surface area (TPSA) is 109 Å². The van der Waals surface area contributed by atoms with Crippen LogP contribution in [0.3, 0.4) is 0 Å². The van der Waals surface area contributed by atoms with E-state index in [4.69, 9.17) is 18.6 Å². The van der Waals surface area contributed by atoms with E-state index in [0.29, 0.717) is 11.1 Å². The van der Waals surface area contributed by atoms with Crippen molar-refractivity contribution in [1.29, 1.82) is 0 Å². The second-order valence-electron chi connectivity index (χ2n) is 3.43. The van der Waals surface area contributed by atoms with Gasteiger partial charge >= 0.3 is 11.9 Å². The van der Waals surface area contributed by atoms with Gasteiger partial charge in [-0.1, -0.05) is 51.3 Å². The number of benzene rings is 2. The number of carboxylic acid groups (broad SMARTS) is 2. The highest BCUT2D eigenvalue weighted by Crippen LogP contribution is 1.96. The summed E-state index contributed by atoms with van der Waals surface area (Å²) in [5.74, 6) is -1.76. The van der Waals surface area contributed by atoms with Crippen molar-refractivity contribution in [3.8, 4) is 0 Å². The number of aromatic carboxylic acids is 2. The molecule has 0 aromatic heterocycles. The number of hydrogen-bond acceptors (Lipinski definition) is 4. The van der Waals surface area contributed by atoms with E-state index >= 15 is 0 Å². The molecule has 0 fully saturated rings. The van der Waals surface area contributed by atoms with E-state index in [1.807, 2.05) is 0 Å². The molecule has 2 aromatic rings. The lowest BCUT2D eigenvalue weighted by atomic mass is 10.2. The minimum Gasteiger partial charge on any atom is -0.478 e. The van der Waals surface area contributed by atoms with Crippen LogP contribution in [0.5, 0.6) is 0 Å². The first-order valence-electron chi connectivity index (χ1n) is 5.59. The Hall–Kier alpha value is -2.67. The van der Waals surface area contributed by atoms with Crippen molar-refractivity contribution >= 4 is 23.5 Å². The first-order chi connectivity index (χ1) is 10.0. The van der Waals surface area contributed by atoms with Crippen molar-refractivity contribution in [2.24, 2.45) is 0 Å². The third-order valence-corrected chi connectivity index (χ3v) is 2.04. The van der Waals surface area contributed by atoms with Crippen molar-refractivity contribution in [1.82, 2.24) is 0 Å². The zero-order valence-electron chi connectivity index (χ0n) is 10.8. The molecule has 0 spiro atoms. The Labute approximate surface area is 139 Å². The molecule has 6 nitrogen and oxygen atoms in total. The van der Waals surface area contributed by atoms with Gasteiger partial charge in [-0.2, -0.15) is 0 Å². The fourth-order valence-corrected chi connectivity index (χ4v) is 1.16. The van der Waals surface area contributed by atoms with Gasteiger partial charge < -0.3 is 10.2 Å². The number of rotatable bonds is 2. The fourth-order valence-electron chi connectivity index (χ4n) is 1.16. The maximum absolute atomic E-state index is 10.2. The van der Waals surface area contributed by atoms with E-state index in [0.717, 1.165) is 0 Å². The predicted molar refractivity (Wildman–Crippen MR) is 92.0 cm³/mol. The van der Waals surface area contributed by atoms with Gasteiger partial charge in [0.25, 0.3) is 0 Å². The molecule has 0 amide bonds. The van der Waals surface area contributed by atoms with Crippen LogP contribution in [0.15, 0.2) is 60.7 Å². The molecule has 0 aliphatic heterocycles. The summed E-state index contributed by atoms with van der Waals surface area (Å²) in [5, 5.41) is 16.8. The summed E-state index contributed by atoms with van der Waals surface area (Å²) >= 11 is -1.42. The van der Waals surface area contributed by atoms with E-state index in [1.165, 1.54) is 0 Å². The highest BCUT2D eigenvalue weighted by Gasteiger charge is 1.97. The van der Waals surface area contributed by atoms with Crippen LogP contribution < -0.4 is 0 Å². The molecule has 0 unspecified atom stereocenters. The molecule has 0 saturated heterocycles. The minimum absolute atomic E-state index is 0. The molecule has 0 aliphatic rings. The summed E-state index contributed by atoms with van der Waals surface area (Å²) in [6.45, 7) is 0. The van der Waals surface area contributed by atoms with Crippen LogP contribution in [-0.4, -0.2) is 30.6 Å². The molecule has 0 saturated carbocycles. The lowest BCUT2D eigenvalue weighted by Crippen LogP contribution is -1.93. The molecule has 0 aliphatic carbocycles. The zero-order chi connectivity index (χ0) is 16.1. The lowest BCUT2D eigenvalue weighted by molar-refractivity contribution is 0.0686. The molecule has 128 valence electrons. The second kappa shape index (κ2) is 15.7. The van der Waals surface area contributed by atoms with Crippen molar-refractivity contribution in [2.45, 2.75) is 14.9 Å². The smallest absolute Gasteiger partial charge is 0.335 e. The molecule has 7 heteroatoms. The Kier molecular flexibility index (Phi) is 17.3. The molecular formula is C16H22O6S. The van der Waals surface area contributed by atoms with Gasteiger partial charge in [-0.05, 0) is 24.3 Å². The van der Waals surface area contributed by atoms with Gasteiger partial charge in [-0.3, -0.25) is 0 Å². The lowest BCUT2D eigenvalue weighted by Gasteiger charge is -1.88. The van der Waals surface area contributed by atoms with E-state index < -0.39 is 23.5 Å². The van der Waals surface area contributed by atoms with E-state index in [1.54, 1.807) is 60.7 Å². The van der Waals surface area contributed by atoms with E-state index in [9.17, 15) is 9.59 Å². The van der Waals surface area contributed by atoms with Gasteiger partial charge in [0, 0.05) is 0 Å². The predicted octanol–water partition coefficient (Wildman–Crippen LogP) is 2.84. The molecule has 0 heterocycles. The Morgan fingerprint density at radius 3 is 1.00 bits per heavy atom. The summed E-state index contributed by atoms with van der Waals surface area (Å²) in [7, 11) is 0. The van der Waals surface area contributed by atoms with E-state index in [-0.39, 0.29) is 14.9 Å². The quantitative estimate of drug-likeness (QED) is 0.868. The third kappa shape index (κ3) is 12.8. The molecule has 23 heavy (non-hydrogen) atoms. The fraction of sp³-hybridized carbons (Fsp3) is 0.125. The van der Waals surface area contributed by atoms with Crippen LogP contribution in [0, 0.1) is 0 Å². The Balaban J connectivity index is -0.000000277. The average molecular weight is 342 g/mol. The van der Waals surface area contributed by atoms with Crippen LogP contribution in [0.4, 0.5) is 0 Å². The average Bonchev–Trinajstić information content (AvgIpc) is 2.50. The molecule has 2 rings (SSSR count). The maximum Gasteiger partial charge on any atom is 0.335 e. The van der Waals surface area contributed by atoms with E-state index in [2.05, 4.69) is 0 Å². The van der Waals surface area contributed by atoms with Crippen molar-refractivity contribution in [3.63, 3.8) is 0 Å². The summed E-state index contributed by atoms with van der Waals surface area (Å²) in [6.07, 6.45) is 0. The molecular weight excluding hydrogens is 320 g/mol. The molecule has 2 N–H and O–H groups in total. The highest BCUT2D eigenvalue weighted by atomic mass is 32.1. The van der Waals surface area contributed by atoms with Gasteiger partial charge in [0.2, 0.25) is 0 Å². The van der Waals surface area contributed by atoms with Crippen LogP contribution >= 0.6 is 0 Å². The standard InChI is InChI=1S/2C7H6O2.2CH4.H2O2S/c2*8-7(9)6-4-2-1-3-5-6;;;1-3-2/h2*1-5H,(H,8,9);2*1H4;3H2. The monoisotopic (exact) mass is 342 g/mol. The first-order valence-corrected chi connectivity index (χ1v) is 6.40. The van der Waals surface area contributed by atoms with Crippen molar-refractivity contribution in [3.05, 3.63) is 71.8 Å². The Bertz CT molecular complexity index is 543. The maximum atomic E-state index is 10.2. The third-order valence-electron chi connectivity index (χ3n) is 2.04. The van der Waals surface area contributed by atoms with Gasteiger partial charge in [-0.25, -0.2) is 18.0 Å².